The molecule has 0 aromatic heterocycles. The van der Waals surface area contributed by atoms with Crippen molar-refractivity contribution in [3.63, 3.8) is 0 Å². The van der Waals surface area contributed by atoms with Gasteiger partial charge in [0.25, 0.3) is 17.4 Å². The number of rotatable bonds is 4. The van der Waals surface area contributed by atoms with Crippen molar-refractivity contribution in [2.75, 3.05) is 19.7 Å². The van der Waals surface area contributed by atoms with Gasteiger partial charge in [0.05, 0.1) is 25.3 Å². The third-order valence-corrected chi connectivity index (χ3v) is 9.30. The summed E-state index contributed by atoms with van der Waals surface area (Å²) < 4.78 is 7.43. The zero-order valence-electron chi connectivity index (χ0n) is 21.2. The number of hydrogen-bond acceptors (Lipinski definition) is 10. The minimum Gasteiger partial charge on any atom is -0.492 e. The Morgan fingerprint density at radius 1 is 1.21 bits per heavy atom. The first-order valence-electron chi connectivity index (χ1n) is 13.3. The lowest BCUT2D eigenvalue weighted by molar-refractivity contribution is -0.674. The second-order valence-corrected chi connectivity index (χ2v) is 11.4. The molecular formula is C25H32N8O6+2. The van der Waals surface area contributed by atoms with Crippen molar-refractivity contribution in [3.8, 4) is 5.75 Å². The van der Waals surface area contributed by atoms with Crippen molar-refractivity contribution in [1.82, 2.24) is 20.9 Å². The van der Waals surface area contributed by atoms with E-state index in [1.54, 1.807) is 6.07 Å². The van der Waals surface area contributed by atoms with Gasteiger partial charge >= 0.3 is 11.9 Å². The van der Waals surface area contributed by atoms with Crippen LogP contribution < -0.4 is 37.1 Å². The minimum atomic E-state index is -2.58. The number of carbonyl (C=O) groups is 3. The van der Waals surface area contributed by atoms with E-state index in [0.29, 0.717) is 17.9 Å². The van der Waals surface area contributed by atoms with Gasteiger partial charge in [-0.1, -0.05) is 12.1 Å². The zero-order valence-corrected chi connectivity index (χ0v) is 21.2. The minimum absolute atomic E-state index is 0.0526. The molecule has 2 spiro atoms. The molecule has 0 bridgehead atoms. The summed E-state index contributed by atoms with van der Waals surface area (Å²) in [5.74, 6) is -3.02. The summed E-state index contributed by atoms with van der Waals surface area (Å²) in [6.07, 6.45) is 3.27. The van der Waals surface area contributed by atoms with E-state index in [0.717, 1.165) is 29.7 Å². The highest BCUT2D eigenvalue weighted by atomic mass is 16.5. The molecule has 4 atom stereocenters. The third kappa shape index (κ3) is 3.18. The van der Waals surface area contributed by atoms with Gasteiger partial charge in [-0.15, -0.1) is 0 Å². The van der Waals surface area contributed by atoms with E-state index >= 15 is 0 Å². The molecule has 5 heterocycles. The topological polar surface area (TPSA) is 209 Å². The van der Waals surface area contributed by atoms with Gasteiger partial charge in [-0.2, -0.15) is 0 Å². The predicted octanol–water partition coefficient (Wildman–Crippen LogP) is -5.19. The Bertz CT molecular complexity index is 1370. The van der Waals surface area contributed by atoms with E-state index < -0.39 is 35.5 Å². The first-order chi connectivity index (χ1) is 18.6. The van der Waals surface area contributed by atoms with Crippen molar-refractivity contribution in [1.29, 1.82) is 0 Å². The fourth-order valence-corrected chi connectivity index (χ4v) is 7.10. The molecule has 14 nitrogen and oxygen atoms in total. The Kier molecular flexibility index (Phi) is 4.84. The lowest BCUT2D eigenvalue weighted by Crippen LogP contribution is -2.92. The number of amides is 3. The monoisotopic (exact) mass is 540 g/mol. The number of likely N-dealkylation sites (tertiary alicyclic amines) is 1. The van der Waals surface area contributed by atoms with Crippen molar-refractivity contribution < 1.29 is 38.9 Å². The Morgan fingerprint density at radius 2 is 1.95 bits per heavy atom. The lowest BCUT2D eigenvalue weighted by atomic mass is 9.85. The van der Waals surface area contributed by atoms with Crippen LogP contribution in [0.2, 0.25) is 0 Å². The second kappa shape index (κ2) is 7.82. The van der Waals surface area contributed by atoms with E-state index in [9.17, 15) is 24.6 Å². The molecule has 0 radical (unpaired) electrons. The smallest absolute Gasteiger partial charge is 0.347 e. The number of carbonyl (C=O) groups excluding carboxylic acids is 3. The summed E-state index contributed by atoms with van der Waals surface area (Å²) in [6, 6.07) is 2.72. The quantitative estimate of drug-likeness (QED) is 0.103. The molecule has 1 aliphatic carbocycles. The molecule has 2 unspecified atom stereocenters. The number of guanidine groups is 2. The lowest BCUT2D eigenvalue weighted by Gasteiger charge is -2.41. The van der Waals surface area contributed by atoms with Gasteiger partial charge in [0.15, 0.2) is 6.04 Å². The van der Waals surface area contributed by atoms with Crippen LogP contribution in [-0.4, -0.2) is 98.6 Å². The molecule has 3 fully saturated rings. The molecule has 206 valence electrons. The second-order valence-electron chi connectivity index (χ2n) is 11.4. The van der Waals surface area contributed by atoms with E-state index in [1.165, 1.54) is 4.58 Å². The number of ether oxygens (including phenoxy) is 1. The molecule has 5 aliphatic heterocycles. The van der Waals surface area contributed by atoms with Gasteiger partial charge in [-0.05, 0) is 25.3 Å². The average Bonchev–Trinajstić information content (AvgIpc) is 3.38. The number of benzene rings is 1. The van der Waals surface area contributed by atoms with Crippen molar-refractivity contribution >= 4 is 29.6 Å². The molecule has 6 aliphatic rings. The van der Waals surface area contributed by atoms with E-state index in [2.05, 4.69) is 20.9 Å². The van der Waals surface area contributed by atoms with Crippen LogP contribution in [-0.2, 0) is 15.0 Å². The molecule has 10 N–H and O–H groups in total. The summed E-state index contributed by atoms with van der Waals surface area (Å²) >= 11 is 0. The highest BCUT2D eigenvalue weighted by Crippen LogP contribution is 2.56. The van der Waals surface area contributed by atoms with Crippen molar-refractivity contribution in [3.05, 3.63) is 29.3 Å². The Morgan fingerprint density at radius 3 is 2.67 bits per heavy atom. The average molecular weight is 541 g/mol. The van der Waals surface area contributed by atoms with Crippen molar-refractivity contribution in [2.45, 2.75) is 67.1 Å². The third-order valence-electron chi connectivity index (χ3n) is 9.30. The normalized spacial score (nSPS) is 33.0. The molecule has 39 heavy (non-hydrogen) atoms. The molecule has 3 amide bonds. The maximum absolute atomic E-state index is 13.6. The Balaban J connectivity index is 1.20. The number of nitrogens with one attached hydrogen (secondary N) is 4. The van der Waals surface area contributed by atoms with Crippen LogP contribution in [0.3, 0.4) is 0 Å². The van der Waals surface area contributed by atoms with E-state index in [1.807, 2.05) is 12.1 Å². The van der Waals surface area contributed by atoms with Crippen LogP contribution in [0.1, 0.15) is 48.0 Å². The van der Waals surface area contributed by atoms with Gasteiger partial charge < -0.3 is 20.3 Å². The number of imide groups is 1. The molecule has 1 saturated carbocycles. The van der Waals surface area contributed by atoms with Crippen LogP contribution in [0.25, 0.3) is 0 Å². The molecule has 1 aromatic carbocycles. The van der Waals surface area contributed by atoms with Gasteiger partial charge in [-0.3, -0.25) is 41.1 Å². The van der Waals surface area contributed by atoms with Gasteiger partial charge in [0.2, 0.25) is 11.8 Å². The number of fused-ring (bicyclic) bond motifs is 2. The Labute approximate surface area is 223 Å². The molecule has 14 heteroatoms. The summed E-state index contributed by atoms with van der Waals surface area (Å²) in [5.41, 5.74) is 12.2. The van der Waals surface area contributed by atoms with Crippen molar-refractivity contribution in [2.24, 2.45) is 11.5 Å². The summed E-state index contributed by atoms with van der Waals surface area (Å²) in [4.78, 5) is 42.3. The predicted molar refractivity (Wildman–Crippen MR) is 133 cm³/mol. The maximum Gasteiger partial charge on any atom is 0.347 e. The fourth-order valence-electron chi connectivity index (χ4n) is 7.10. The van der Waals surface area contributed by atoms with Crippen LogP contribution in [0.5, 0.6) is 5.75 Å². The maximum atomic E-state index is 13.6. The van der Waals surface area contributed by atoms with Crippen LogP contribution in [0, 0.1) is 0 Å². The number of nitrogens with zero attached hydrogens (tertiary/aromatic N) is 2. The number of aliphatic hydroxyl groups is 2. The number of hydrogen-bond donors (Lipinski definition) is 8. The summed E-state index contributed by atoms with van der Waals surface area (Å²) in [7, 11) is 0. The highest BCUT2D eigenvalue weighted by molar-refractivity contribution is 6.02. The summed E-state index contributed by atoms with van der Waals surface area (Å²) in [6.45, 7) is 0.404. The molecular weight excluding hydrogens is 508 g/mol. The number of nitrogens with two attached hydrogens (primary N) is 2. The fraction of sp³-hybridized carbons (Fsp3) is 0.560. The summed E-state index contributed by atoms with van der Waals surface area (Å²) in [5, 5.41) is 32.2. The van der Waals surface area contributed by atoms with E-state index in [4.69, 9.17) is 16.2 Å². The molecule has 2 saturated heterocycles. The molecule has 1 aromatic rings. The zero-order chi connectivity index (χ0) is 27.3. The first kappa shape index (κ1) is 24.2. The highest BCUT2D eigenvalue weighted by Gasteiger charge is 2.78. The molecule has 7 rings (SSSR count). The van der Waals surface area contributed by atoms with Crippen LogP contribution in [0.4, 0.5) is 0 Å². The Hall–Kier alpha value is -3.91. The van der Waals surface area contributed by atoms with Gasteiger partial charge in [-0.25, -0.2) is 9.89 Å². The number of para-hydroxylation sites is 1. The SMILES string of the molecule is NC1=[NH+][C@H]2[C@H](CN3C(=O)CCC3=O)NC(N)=[N+]3CC(NC(=O)c4cccc5c4OCCC54CC4)C(O)(O)C23N1. The largest absolute Gasteiger partial charge is 0.492 e. The standard InChI is InChI=1S/C25H30N8O6/c26-21-30-19-14(10-32-16(34)4-5-17(32)35)28-22(27)33-11-15(25(37,38)24(19,33)31-21)29-20(36)12-2-1-3-13-18(12)39-9-8-23(13)6-7-23/h1-3,14-15,19,37-38H,4-11H2,(H6,26,27,28,29,30,31,36)/p+2/t14-,15?,19-,24?/m0/s1. The van der Waals surface area contributed by atoms with Gasteiger partial charge in [0, 0.05) is 23.8 Å². The van der Waals surface area contributed by atoms with Crippen LogP contribution in [0.15, 0.2) is 18.2 Å². The van der Waals surface area contributed by atoms with E-state index in [-0.39, 0.29) is 55.1 Å². The first-order valence-corrected chi connectivity index (χ1v) is 13.3. The van der Waals surface area contributed by atoms with Crippen LogP contribution >= 0.6 is 0 Å². The van der Waals surface area contributed by atoms with Gasteiger partial charge in [0.1, 0.15) is 17.8 Å².